The first-order valence-electron chi connectivity index (χ1n) is 9.54. The fourth-order valence-electron chi connectivity index (χ4n) is 3.55. The third kappa shape index (κ3) is 4.59. The molecule has 1 aromatic carbocycles. The highest BCUT2D eigenvalue weighted by molar-refractivity contribution is 5.77. The number of alkyl halides is 3. The Labute approximate surface area is 172 Å². The summed E-state index contributed by atoms with van der Waals surface area (Å²) >= 11 is 0. The molecule has 0 radical (unpaired) electrons. The SMILES string of the molecule is COc1ccc(CN2CCN(C(=O)CC(O)(c3nccn3C)C(F)(F)F)CC2)cc1. The number of aliphatic hydroxyl groups is 1. The average Bonchev–Trinajstić information content (AvgIpc) is 3.14. The number of hydrogen-bond donors (Lipinski definition) is 1. The number of halogens is 3. The van der Waals surface area contributed by atoms with Crippen molar-refractivity contribution < 1.29 is 27.8 Å². The predicted molar refractivity (Wildman–Crippen MR) is 103 cm³/mol. The molecular formula is C20H25F3N4O3. The highest BCUT2D eigenvalue weighted by atomic mass is 19.4. The van der Waals surface area contributed by atoms with Crippen molar-refractivity contribution >= 4 is 5.91 Å². The van der Waals surface area contributed by atoms with Crippen molar-refractivity contribution in [3.63, 3.8) is 0 Å². The predicted octanol–water partition coefficient (Wildman–Crippen LogP) is 1.91. The molecule has 2 aromatic rings. The molecule has 1 amide bonds. The minimum Gasteiger partial charge on any atom is -0.497 e. The van der Waals surface area contributed by atoms with Crippen molar-refractivity contribution in [3.05, 3.63) is 48.0 Å². The van der Waals surface area contributed by atoms with E-state index in [0.717, 1.165) is 22.1 Å². The van der Waals surface area contributed by atoms with E-state index in [1.165, 1.54) is 18.1 Å². The topological polar surface area (TPSA) is 70.8 Å². The summed E-state index contributed by atoms with van der Waals surface area (Å²) in [4.78, 5) is 19.7. The zero-order valence-electron chi connectivity index (χ0n) is 16.9. The first kappa shape index (κ1) is 22.1. The van der Waals surface area contributed by atoms with Gasteiger partial charge in [-0.05, 0) is 17.7 Å². The number of imidazole rings is 1. The Morgan fingerprint density at radius 1 is 1.17 bits per heavy atom. The molecule has 1 N–H and O–H groups in total. The lowest BCUT2D eigenvalue weighted by atomic mass is 9.96. The van der Waals surface area contributed by atoms with Crippen LogP contribution in [0.25, 0.3) is 0 Å². The molecule has 1 aliphatic heterocycles. The van der Waals surface area contributed by atoms with Gasteiger partial charge in [0.05, 0.1) is 13.5 Å². The highest BCUT2D eigenvalue weighted by Gasteiger charge is 2.59. The van der Waals surface area contributed by atoms with Crippen LogP contribution in [-0.4, -0.2) is 69.8 Å². The Balaban J connectivity index is 1.60. The lowest BCUT2D eigenvalue weighted by Crippen LogP contribution is -2.52. The van der Waals surface area contributed by atoms with Crippen LogP contribution in [0, 0.1) is 0 Å². The number of carbonyl (C=O) groups is 1. The summed E-state index contributed by atoms with van der Waals surface area (Å²) in [7, 11) is 2.94. The van der Waals surface area contributed by atoms with Crippen molar-refractivity contribution in [3.8, 4) is 5.75 Å². The van der Waals surface area contributed by atoms with Crippen LogP contribution in [0.3, 0.4) is 0 Å². The van der Waals surface area contributed by atoms with E-state index < -0.39 is 29.9 Å². The molecular weight excluding hydrogens is 401 g/mol. The van der Waals surface area contributed by atoms with Gasteiger partial charge in [-0.2, -0.15) is 13.2 Å². The van der Waals surface area contributed by atoms with E-state index in [1.807, 2.05) is 24.3 Å². The third-order valence-electron chi connectivity index (χ3n) is 5.36. The van der Waals surface area contributed by atoms with Gasteiger partial charge in [-0.1, -0.05) is 12.1 Å². The quantitative estimate of drug-likeness (QED) is 0.764. The maximum atomic E-state index is 13.6. The maximum Gasteiger partial charge on any atom is 0.425 e. The minimum atomic E-state index is -5.03. The van der Waals surface area contributed by atoms with Gasteiger partial charge >= 0.3 is 6.18 Å². The van der Waals surface area contributed by atoms with Crippen molar-refractivity contribution in [2.45, 2.75) is 24.7 Å². The normalized spacial score (nSPS) is 17.6. The van der Waals surface area contributed by atoms with Crippen LogP contribution in [0.1, 0.15) is 17.8 Å². The zero-order valence-corrected chi connectivity index (χ0v) is 16.9. The Morgan fingerprint density at radius 2 is 1.80 bits per heavy atom. The van der Waals surface area contributed by atoms with Crippen LogP contribution < -0.4 is 4.74 Å². The van der Waals surface area contributed by atoms with E-state index in [4.69, 9.17) is 4.74 Å². The van der Waals surface area contributed by atoms with Crippen molar-refractivity contribution in [1.82, 2.24) is 19.4 Å². The first-order valence-corrected chi connectivity index (χ1v) is 9.54. The summed E-state index contributed by atoms with van der Waals surface area (Å²) in [6.07, 6.45) is -3.67. The standard InChI is InChI=1S/C20H25F3N4O3/c1-25-8-7-24-18(25)19(29,20(21,22)23)13-17(28)27-11-9-26(10-12-27)14-15-3-5-16(30-2)6-4-15/h3-8,29H,9-14H2,1-2H3. The van der Waals surface area contributed by atoms with E-state index in [1.54, 1.807) is 7.11 Å². The summed E-state index contributed by atoms with van der Waals surface area (Å²) in [5.74, 6) is -0.581. The molecule has 0 spiro atoms. The van der Waals surface area contributed by atoms with Crippen molar-refractivity contribution in [2.24, 2.45) is 7.05 Å². The number of carbonyl (C=O) groups excluding carboxylic acids is 1. The molecule has 164 valence electrons. The van der Waals surface area contributed by atoms with Crippen molar-refractivity contribution in [2.75, 3.05) is 33.3 Å². The van der Waals surface area contributed by atoms with Gasteiger partial charge in [0.1, 0.15) is 5.75 Å². The molecule has 1 aromatic heterocycles. The van der Waals surface area contributed by atoms with Gasteiger partial charge in [0.25, 0.3) is 0 Å². The van der Waals surface area contributed by atoms with E-state index >= 15 is 0 Å². The molecule has 30 heavy (non-hydrogen) atoms. The summed E-state index contributed by atoms with van der Waals surface area (Å²) in [5.41, 5.74) is -2.25. The van der Waals surface area contributed by atoms with Crippen LogP contribution >= 0.6 is 0 Å². The smallest absolute Gasteiger partial charge is 0.425 e. The van der Waals surface area contributed by atoms with E-state index in [-0.39, 0.29) is 0 Å². The maximum absolute atomic E-state index is 13.6. The number of methoxy groups -OCH3 is 1. The number of nitrogens with zero attached hydrogens (tertiary/aromatic N) is 4. The molecule has 7 nitrogen and oxygen atoms in total. The molecule has 0 bridgehead atoms. The lowest BCUT2D eigenvalue weighted by Gasteiger charge is -2.37. The minimum absolute atomic E-state index is 0.295. The molecule has 2 heterocycles. The summed E-state index contributed by atoms with van der Waals surface area (Å²) < 4.78 is 47.1. The van der Waals surface area contributed by atoms with Gasteiger partial charge < -0.3 is 19.3 Å². The zero-order chi connectivity index (χ0) is 21.9. The summed E-state index contributed by atoms with van der Waals surface area (Å²) in [5, 5.41) is 10.4. The summed E-state index contributed by atoms with van der Waals surface area (Å²) in [6.45, 7) is 2.33. The molecule has 1 fully saturated rings. The van der Waals surface area contributed by atoms with E-state index in [0.29, 0.717) is 32.7 Å². The lowest BCUT2D eigenvalue weighted by molar-refractivity contribution is -0.272. The van der Waals surface area contributed by atoms with Crippen LogP contribution in [0.5, 0.6) is 5.75 Å². The molecule has 0 aliphatic carbocycles. The summed E-state index contributed by atoms with van der Waals surface area (Å²) in [6, 6.07) is 7.63. The number of amides is 1. The third-order valence-corrected chi connectivity index (χ3v) is 5.36. The number of hydrogen-bond acceptors (Lipinski definition) is 5. The first-order chi connectivity index (χ1) is 14.1. The molecule has 1 atom stereocenters. The highest BCUT2D eigenvalue weighted by Crippen LogP contribution is 2.41. The largest absolute Gasteiger partial charge is 0.497 e. The number of rotatable bonds is 6. The van der Waals surface area contributed by atoms with Crippen LogP contribution in [0.2, 0.25) is 0 Å². The second-order valence-corrected chi connectivity index (χ2v) is 7.40. The fourth-order valence-corrected chi connectivity index (χ4v) is 3.55. The van der Waals surface area contributed by atoms with Gasteiger partial charge in [0.15, 0.2) is 5.82 Å². The average molecular weight is 426 g/mol. The molecule has 0 saturated carbocycles. The van der Waals surface area contributed by atoms with Gasteiger partial charge in [0, 0.05) is 52.2 Å². The van der Waals surface area contributed by atoms with Gasteiger partial charge in [-0.25, -0.2) is 4.98 Å². The molecule has 1 aliphatic rings. The van der Waals surface area contributed by atoms with Crippen LogP contribution in [0.15, 0.2) is 36.7 Å². The number of ether oxygens (including phenoxy) is 1. The second-order valence-electron chi connectivity index (χ2n) is 7.40. The Hall–Kier alpha value is -2.59. The Kier molecular flexibility index (Phi) is 6.37. The Bertz CT molecular complexity index is 861. The number of benzene rings is 1. The van der Waals surface area contributed by atoms with E-state index in [2.05, 4.69) is 9.88 Å². The van der Waals surface area contributed by atoms with Gasteiger partial charge in [-0.15, -0.1) is 0 Å². The molecule has 10 heteroatoms. The number of aromatic nitrogens is 2. The molecule has 1 unspecified atom stereocenters. The van der Waals surface area contributed by atoms with Crippen LogP contribution in [0.4, 0.5) is 13.2 Å². The van der Waals surface area contributed by atoms with E-state index in [9.17, 15) is 23.1 Å². The molecule has 1 saturated heterocycles. The van der Waals surface area contributed by atoms with Gasteiger partial charge in [0.2, 0.25) is 11.5 Å². The van der Waals surface area contributed by atoms with Gasteiger partial charge in [-0.3, -0.25) is 9.69 Å². The van der Waals surface area contributed by atoms with Crippen molar-refractivity contribution in [1.29, 1.82) is 0 Å². The number of piperazine rings is 1. The second kappa shape index (κ2) is 8.65. The van der Waals surface area contributed by atoms with Crippen LogP contribution in [-0.2, 0) is 24.0 Å². The fraction of sp³-hybridized carbons (Fsp3) is 0.500. The monoisotopic (exact) mass is 426 g/mol. The Morgan fingerprint density at radius 3 is 2.30 bits per heavy atom. The number of aryl methyl sites for hydroxylation is 1. The molecule has 3 rings (SSSR count).